The highest BCUT2D eigenvalue weighted by atomic mass is 79.9. The summed E-state index contributed by atoms with van der Waals surface area (Å²) >= 11 is 3.52. The van der Waals surface area contributed by atoms with E-state index < -0.39 is 8.07 Å². The summed E-state index contributed by atoms with van der Waals surface area (Å²) in [5.74, 6) is 0. The monoisotopic (exact) mass is 362 g/mol. The van der Waals surface area contributed by atoms with Gasteiger partial charge in [0.15, 0.2) is 8.07 Å². The summed E-state index contributed by atoms with van der Waals surface area (Å²) in [5, 5.41) is 14.2. The van der Waals surface area contributed by atoms with E-state index in [0.717, 1.165) is 0 Å². The third-order valence-corrected chi connectivity index (χ3v) is 11.6. The molecular weight excluding hydrogens is 340 g/mol. The first-order valence-electron chi connectivity index (χ1n) is 7.29. The number of alkyl halides is 1. The molecule has 1 nitrogen and oxygen atoms in total. The van der Waals surface area contributed by atoms with Gasteiger partial charge in [-0.2, -0.15) is 0 Å². The van der Waals surface area contributed by atoms with Crippen LogP contribution in [-0.2, 0) is 0 Å². The first-order chi connectivity index (χ1) is 9.94. The molecule has 0 saturated carbocycles. The van der Waals surface area contributed by atoms with Gasteiger partial charge in [0.1, 0.15) is 0 Å². The van der Waals surface area contributed by atoms with Crippen molar-refractivity contribution in [1.82, 2.24) is 0 Å². The van der Waals surface area contributed by atoms with E-state index in [1.165, 1.54) is 10.4 Å². The molecule has 1 atom stereocenters. The molecule has 2 rings (SSSR count). The summed E-state index contributed by atoms with van der Waals surface area (Å²) in [7, 11) is -2.34. The number of hydrogen-bond donors (Lipinski definition) is 1. The number of rotatable bonds is 4. The van der Waals surface area contributed by atoms with Crippen LogP contribution in [0.25, 0.3) is 0 Å². The van der Waals surface area contributed by atoms with Crippen LogP contribution in [0.15, 0.2) is 60.7 Å². The second-order valence-electron chi connectivity index (χ2n) is 6.46. The fourth-order valence-corrected chi connectivity index (χ4v) is 10.4. The van der Waals surface area contributed by atoms with Crippen LogP contribution in [0.2, 0.25) is 5.04 Å². The van der Waals surface area contributed by atoms with Crippen molar-refractivity contribution >= 4 is 34.4 Å². The summed E-state index contributed by atoms with van der Waals surface area (Å²) in [6, 6.07) is 21.1. The summed E-state index contributed by atoms with van der Waals surface area (Å²) < 4.78 is 0. The molecule has 0 spiro atoms. The maximum atomic E-state index is 11.0. The van der Waals surface area contributed by atoms with Crippen LogP contribution in [0, 0.1) is 0 Å². The highest BCUT2D eigenvalue weighted by Gasteiger charge is 2.52. The van der Waals surface area contributed by atoms with Crippen molar-refractivity contribution < 1.29 is 5.11 Å². The molecule has 0 aliphatic carbocycles. The number of aliphatic hydroxyl groups excluding tert-OH is 1. The highest BCUT2D eigenvalue weighted by molar-refractivity contribution is 9.09. The third-order valence-electron chi connectivity index (χ3n) is 4.29. The van der Waals surface area contributed by atoms with Gasteiger partial charge >= 0.3 is 0 Å². The molecule has 0 heterocycles. The smallest absolute Gasteiger partial charge is 0.154 e. The molecule has 0 radical (unpaired) electrons. The lowest BCUT2D eigenvalue weighted by Gasteiger charge is -2.46. The standard InChI is InChI=1S/C18H23BrOSi/c1-18(2,3)21(17(20)14-19,15-10-6-4-7-11-15)16-12-8-5-9-13-16/h4-13,17,20H,14H2,1-3H3. The van der Waals surface area contributed by atoms with Crippen LogP contribution in [0.5, 0.6) is 0 Å². The lowest BCUT2D eigenvalue weighted by atomic mass is 10.2. The predicted molar refractivity (Wildman–Crippen MR) is 97.4 cm³/mol. The van der Waals surface area contributed by atoms with Crippen LogP contribution >= 0.6 is 15.9 Å². The maximum Gasteiger partial charge on any atom is 0.154 e. The van der Waals surface area contributed by atoms with Gasteiger partial charge in [-0.3, -0.25) is 0 Å². The Morgan fingerprint density at radius 2 is 1.29 bits per heavy atom. The van der Waals surface area contributed by atoms with E-state index in [1.54, 1.807) is 0 Å². The summed E-state index contributed by atoms with van der Waals surface area (Å²) in [6.07, 6.45) is 0. The first kappa shape index (κ1) is 16.5. The minimum atomic E-state index is -2.34. The van der Waals surface area contributed by atoms with E-state index in [-0.39, 0.29) is 10.8 Å². The van der Waals surface area contributed by atoms with Gasteiger partial charge in [0, 0.05) is 5.33 Å². The molecule has 0 aliphatic rings. The zero-order chi connectivity index (χ0) is 15.5. The van der Waals surface area contributed by atoms with Gasteiger partial charge in [0.05, 0.1) is 5.73 Å². The third kappa shape index (κ3) is 2.87. The molecule has 1 unspecified atom stereocenters. The molecule has 3 heteroatoms. The molecule has 0 bridgehead atoms. The Hall–Kier alpha value is -0.903. The molecular formula is C18H23BrOSi. The minimum absolute atomic E-state index is 0.00287. The molecule has 0 saturated heterocycles. The van der Waals surface area contributed by atoms with E-state index in [0.29, 0.717) is 5.33 Å². The second kappa shape index (κ2) is 6.47. The number of benzene rings is 2. The second-order valence-corrected chi connectivity index (χ2v) is 12.0. The lowest BCUT2D eigenvalue weighted by molar-refractivity contribution is 0.266. The van der Waals surface area contributed by atoms with E-state index in [9.17, 15) is 5.11 Å². The van der Waals surface area contributed by atoms with Crippen molar-refractivity contribution in [3.63, 3.8) is 0 Å². The van der Waals surface area contributed by atoms with Gasteiger partial charge in [0.2, 0.25) is 0 Å². The quantitative estimate of drug-likeness (QED) is 0.653. The molecule has 0 fully saturated rings. The number of aliphatic hydroxyl groups is 1. The lowest BCUT2D eigenvalue weighted by Crippen LogP contribution is -2.72. The zero-order valence-corrected chi connectivity index (χ0v) is 15.5. The van der Waals surface area contributed by atoms with Crippen molar-refractivity contribution in [2.75, 3.05) is 5.33 Å². The summed E-state index contributed by atoms with van der Waals surface area (Å²) in [6.45, 7) is 6.77. The summed E-state index contributed by atoms with van der Waals surface area (Å²) in [4.78, 5) is 0. The molecule has 112 valence electrons. The molecule has 0 aromatic heterocycles. The molecule has 2 aromatic carbocycles. The van der Waals surface area contributed by atoms with Crippen molar-refractivity contribution in [2.45, 2.75) is 31.5 Å². The normalized spacial score (nSPS) is 14.0. The minimum Gasteiger partial charge on any atom is -0.395 e. The SMILES string of the molecule is CC(C)(C)[Si](c1ccccc1)(c1ccccc1)C(O)CBr. The van der Waals surface area contributed by atoms with E-state index in [1.807, 2.05) is 12.1 Å². The Labute approximate surface area is 137 Å². The van der Waals surface area contributed by atoms with Crippen molar-refractivity contribution in [3.05, 3.63) is 60.7 Å². The van der Waals surface area contributed by atoms with E-state index in [2.05, 4.69) is 85.2 Å². The topological polar surface area (TPSA) is 20.2 Å². The maximum absolute atomic E-state index is 11.0. The van der Waals surface area contributed by atoms with Crippen molar-refractivity contribution in [1.29, 1.82) is 0 Å². The molecule has 0 aliphatic heterocycles. The first-order valence-corrected chi connectivity index (χ1v) is 10.5. The van der Waals surface area contributed by atoms with Crippen molar-refractivity contribution in [3.8, 4) is 0 Å². The average Bonchev–Trinajstić information content (AvgIpc) is 2.48. The Morgan fingerprint density at radius 3 is 1.57 bits per heavy atom. The predicted octanol–water partition coefficient (Wildman–Crippen LogP) is 3.34. The fraction of sp³-hybridized carbons (Fsp3) is 0.333. The highest BCUT2D eigenvalue weighted by Crippen LogP contribution is 2.38. The van der Waals surface area contributed by atoms with Crippen LogP contribution in [0.4, 0.5) is 0 Å². The number of halogens is 1. The Kier molecular flexibility index (Phi) is 5.07. The van der Waals surface area contributed by atoms with Gasteiger partial charge in [-0.1, -0.05) is 108 Å². The van der Waals surface area contributed by atoms with Gasteiger partial charge < -0.3 is 5.11 Å². The van der Waals surface area contributed by atoms with Crippen LogP contribution in [-0.4, -0.2) is 24.2 Å². The molecule has 0 amide bonds. The summed E-state index contributed by atoms with van der Waals surface area (Å²) in [5.41, 5.74) is -0.373. The molecule has 2 aromatic rings. The Bertz CT molecular complexity index is 523. The van der Waals surface area contributed by atoms with E-state index in [4.69, 9.17) is 0 Å². The van der Waals surface area contributed by atoms with Crippen molar-refractivity contribution in [2.24, 2.45) is 0 Å². The molecule has 1 N–H and O–H groups in total. The van der Waals surface area contributed by atoms with E-state index >= 15 is 0 Å². The van der Waals surface area contributed by atoms with Gasteiger partial charge in [-0.25, -0.2) is 0 Å². The van der Waals surface area contributed by atoms with Crippen LogP contribution in [0.3, 0.4) is 0 Å². The van der Waals surface area contributed by atoms with Gasteiger partial charge in [-0.15, -0.1) is 0 Å². The van der Waals surface area contributed by atoms with Crippen LogP contribution < -0.4 is 10.4 Å². The van der Waals surface area contributed by atoms with Gasteiger partial charge in [-0.05, 0) is 5.04 Å². The Balaban J connectivity index is 2.79. The molecule has 21 heavy (non-hydrogen) atoms. The van der Waals surface area contributed by atoms with Gasteiger partial charge in [0.25, 0.3) is 0 Å². The fourth-order valence-electron chi connectivity index (χ4n) is 3.44. The van der Waals surface area contributed by atoms with Crippen LogP contribution in [0.1, 0.15) is 20.8 Å². The average molecular weight is 363 g/mol. The Morgan fingerprint density at radius 1 is 0.905 bits per heavy atom. The largest absolute Gasteiger partial charge is 0.395 e. The zero-order valence-electron chi connectivity index (χ0n) is 12.9. The number of hydrogen-bond acceptors (Lipinski definition) is 1.